The highest BCUT2D eigenvalue weighted by Crippen LogP contribution is 2.40. The summed E-state index contributed by atoms with van der Waals surface area (Å²) in [5.74, 6) is -1.27. The molecule has 9 nitrogen and oxygen atoms in total. The van der Waals surface area contributed by atoms with Crippen LogP contribution < -0.4 is 4.74 Å². The molecule has 0 aliphatic carbocycles. The number of aliphatic hydroxyl groups is 1. The molecule has 3 rings (SSSR count). The molecule has 1 unspecified atom stereocenters. The van der Waals surface area contributed by atoms with Gasteiger partial charge in [0.25, 0.3) is 17.4 Å². The third kappa shape index (κ3) is 5.20. The first kappa shape index (κ1) is 23.9. The fraction of sp³-hybridized carbons (Fsp3) is 0.333. The van der Waals surface area contributed by atoms with Gasteiger partial charge >= 0.3 is 0 Å². The second-order valence-corrected chi connectivity index (χ2v) is 7.88. The van der Waals surface area contributed by atoms with E-state index in [1.165, 1.54) is 29.2 Å². The Bertz CT molecular complexity index is 1060. The van der Waals surface area contributed by atoms with E-state index < -0.39 is 22.7 Å². The molecule has 0 radical (unpaired) electrons. The van der Waals surface area contributed by atoms with Crippen molar-refractivity contribution in [2.75, 3.05) is 20.3 Å². The number of ether oxygens (including phenoxy) is 2. The maximum atomic E-state index is 13.0. The van der Waals surface area contributed by atoms with Crippen molar-refractivity contribution in [2.45, 2.75) is 32.4 Å². The summed E-state index contributed by atoms with van der Waals surface area (Å²) in [5.41, 5.74) is 0.624. The smallest absolute Gasteiger partial charge is 0.295 e. The van der Waals surface area contributed by atoms with Crippen LogP contribution in [0.15, 0.2) is 54.1 Å². The molecule has 174 valence electrons. The van der Waals surface area contributed by atoms with E-state index in [0.717, 1.165) is 0 Å². The molecule has 0 spiro atoms. The van der Waals surface area contributed by atoms with Gasteiger partial charge in [0.05, 0.1) is 22.6 Å². The fourth-order valence-corrected chi connectivity index (χ4v) is 3.73. The Morgan fingerprint density at radius 2 is 1.76 bits per heavy atom. The number of rotatable bonds is 9. The summed E-state index contributed by atoms with van der Waals surface area (Å²) in [7, 11) is 1.55. The van der Waals surface area contributed by atoms with E-state index in [1.807, 2.05) is 13.8 Å². The van der Waals surface area contributed by atoms with E-state index in [2.05, 4.69) is 0 Å². The lowest BCUT2D eigenvalue weighted by Gasteiger charge is -2.25. The zero-order chi connectivity index (χ0) is 24.1. The molecule has 9 heteroatoms. The molecule has 1 aliphatic rings. The van der Waals surface area contributed by atoms with Crippen LogP contribution in [0.3, 0.4) is 0 Å². The number of benzene rings is 2. The Balaban J connectivity index is 2.06. The molecule has 1 heterocycles. The zero-order valence-corrected chi connectivity index (χ0v) is 18.7. The van der Waals surface area contributed by atoms with Crippen LogP contribution in [0, 0.1) is 10.1 Å². The predicted octanol–water partition coefficient (Wildman–Crippen LogP) is 3.84. The van der Waals surface area contributed by atoms with Gasteiger partial charge in [-0.05, 0) is 50.1 Å². The molecular weight excluding hydrogens is 428 g/mol. The van der Waals surface area contributed by atoms with Gasteiger partial charge < -0.3 is 19.5 Å². The Morgan fingerprint density at radius 3 is 2.30 bits per heavy atom. The largest absolute Gasteiger partial charge is 0.507 e. The van der Waals surface area contributed by atoms with Crippen molar-refractivity contribution in [3.05, 3.63) is 75.3 Å². The molecule has 1 amide bonds. The predicted molar refractivity (Wildman–Crippen MR) is 121 cm³/mol. The highest BCUT2D eigenvalue weighted by molar-refractivity contribution is 6.46. The minimum atomic E-state index is -0.815. The molecule has 2 aromatic rings. The van der Waals surface area contributed by atoms with Crippen molar-refractivity contribution in [1.29, 1.82) is 0 Å². The maximum Gasteiger partial charge on any atom is 0.295 e. The van der Waals surface area contributed by atoms with Gasteiger partial charge in [0.15, 0.2) is 0 Å². The van der Waals surface area contributed by atoms with Crippen molar-refractivity contribution in [3.63, 3.8) is 0 Å². The Kier molecular flexibility index (Phi) is 7.44. The Labute approximate surface area is 191 Å². The van der Waals surface area contributed by atoms with Crippen LogP contribution in [0.2, 0.25) is 0 Å². The van der Waals surface area contributed by atoms with Crippen molar-refractivity contribution in [3.8, 4) is 5.75 Å². The quantitative estimate of drug-likeness (QED) is 0.153. The molecule has 0 bridgehead atoms. The van der Waals surface area contributed by atoms with E-state index in [0.29, 0.717) is 24.3 Å². The molecule has 2 aromatic carbocycles. The second kappa shape index (κ2) is 10.3. The Morgan fingerprint density at radius 1 is 1.12 bits per heavy atom. The normalized spacial score (nSPS) is 17.6. The number of hydrogen-bond donors (Lipinski definition) is 1. The summed E-state index contributed by atoms with van der Waals surface area (Å²) in [5, 5.41) is 21.9. The molecule has 1 aliphatic heterocycles. The van der Waals surface area contributed by atoms with Gasteiger partial charge in [-0.25, -0.2) is 0 Å². The van der Waals surface area contributed by atoms with Gasteiger partial charge in [0.1, 0.15) is 11.5 Å². The van der Waals surface area contributed by atoms with E-state index in [1.54, 1.807) is 31.4 Å². The molecule has 1 fully saturated rings. The lowest BCUT2D eigenvalue weighted by atomic mass is 9.95. The van der Waals surface area contributed by atoms with E-state index >= 15 is 0 Å². The monoisotopic (exact) mass is 454 g/mol. The average Bonchev–Trinajstić information content (AvgIpc) is 3.04. The number of non-ortho nitro benzene ring substituents is 1. The number of Topliss-reactive ketones (excluding diaryl/α,β-unsaturated/α-hetero) is 1. The first-order chi connectivity index (χ1) is 15.7. The number of methoxy groups -OCH3 is 1. The van der Waals surface area contributed by atoms with Gasteiger partial charge in [0, 0.05) is 38.0 Å². The number of carbonyl (C=O) groups excluding carboxylic acids is 2. The van der Waals surface area contributed by atoms with Crippen molar-refractivity contribution < 1.29 is 29.1 Å². The van der Waals surface area contributed by atoms with Gasteiger partial charge in [-0.2, -0.15) is 0 Å². The lowest BCUT2D eigenvalue weighted by molar-refractivity contribution is -0.384. The topological polar surface area (TPSA) is 119 Å². The molecule has 33 heavy (non-hydrogen) atoms. The average molecular weight is 454 g/mol. The number of likely N-dealkylation sites (tertiary alicyclic amines) is 1. The van der Waals surface area contributed by atoms with Gasteiger partial charge in [-0.15, -0.1) is 0 Å². The van der Waals surface area contributed by atoms with E-state index in [-0.39, 0.29) is 35.2 Å². The first-order valence-corrected chi connectivity index (χ1v) is 10.5. The van der Waals surface area contributed by atoms with Crippen molar-refractivity contribution >= 4 is 23.1 Å². The Hall–Kier alpha value is -3.72. The number of carbonyl (C=O) groups is 2. The molecule has 1 atom stereocenters. The van der Waals surface area contributed by atoms with Crippen LogP contribution in [-0.4, -0.2) is 53.0 Å². The van der Waals surface area contributed by atoms with E-state index in [4.69, 9.17) is 9.47 Å². The standard InChI is InChI=1S/C24H26N2O7/c1-15(2)33-19-11-7-16(8-12-19)21-20(23(28)24(29)25(21)13-4-14-32-3)22(27)17-5-9-18(10-6-17)26(30)31/h5-12,15,21,27H,4,13-14H2,1-3H3/b22-20-. The number of ketones is 1. The third-order valence-electron chi connectivity index (χ3n) is 5.21. The summed E-state index contributed by atoms with van der Waals surface area (Å²) in [6.45, 7) is 4.47. The molecule has 0 saturated carbocycles. The number of nitrogens with zero attached hydrogens (tertiary/aromatic N) is 2. The highest BCUT2D eigenvalue weighted by atomic mass is 16.6. The summed E-state index contributed by atoms with van der Waals surface area (Å²) in [6.07, 6.45) is 0.490. The molecule has 0 aromatic heterocycles. The molecular formula is C24H26N2O7. The van der Waals surface area contributed by atoms with Crippen LogP contribution in [0.1, 0.15) is 37.4 Å². The minimum Gasteiger partial charge on any atom is -0.507 e. The summed E-state index contributed by atoms with van der Waals surface area (Å²) in [4.78, 5) is 37.6. The van der Waals surface area contributed by atoms with Gasteiger partial charge in [-0.1, -0.05) is 12.1 Å². The minimum absolute atomic E-state index is 0.0160. The first-order valence-electron chi connectivity index (χ1n) is 10.5. The number of aliphatic hydroxyl groups excluding tert-OH is 1. The van der Waals surface area contributed by atoms with Crippen molar-refractivity contribution in [1.82, 2.24) is 4.90 Å². The highest BCUT2D eigenvalue weighted by Gasteiger charge is 2.45. The van der Waals surface area contributed by atoms with Crippen LogP contribution in [0.25, 0.3) is 5.76 Å². The third-order valence-corrected chi connectivity index (χ3v) is 5.21. The fourth-order valence-electron chi connectivity index (χ4n) is 3.73. The SMILES string of the molecule is COCCCN1C(=O)C(=O)/C(=C(\O)c2ccc([N+](=O)[O-])cc2)C1c1ccc(OC(C)C)cc1. The summed E-state index contributed by atoms with van der Waals surface area (Å²) >= 11 is 0. The van der Waals surface area contributed by atoms with Gasteiger partial charge in [-0.3, -0.25) is 19.7 Å². The maximum absolute atomic E-state index is 13.0. The molecule has 1 saturated heterocycles. The van der Waals surface area contributed by atoms with Crippen molar-refractivity contribution in [2.24, 2.45) is 0 Å². The van der Waals surface area contributed by atoms with Crippen LogP contribution in [0.5, 0.6) is 5.75 Å². The lowest BCUT2D eigenvalue weighted by Crippen LogP contribution is -2.31. The van der Waals surface area contributed by atoms with E-state index in [9.17, 15) is 24.8 Å². The van der Waals surface area contributed by atoms with Crippen LogP contribution >= 0.6 is 0 Å². The molecule has 1 N–H and O–H groups in total. The van der Waals surface area contributed by atoms with Gasteiger partial charge in [0.2, 0.25) is 0 Å². The van der Waals surface area contributed by atoms with Crippen LogP contribution in [0.4, 0.5) is 5.69 Å². The number of nitro benzene ring substituents is 1. The summed E-state index contributed by atoms with van der Waals surface area (Å²) < 4.78 is 10.7. The number of nitro groups is 1. The zero-order valence-electron chi connectivity index (χ0n) is 18.7. The number of amides is 1. The second-order valence-electron chi connectivity index (χ2n) is 7.88. The summed E-state index contributed by atoms with van der Waals surface area (Å²) in [6, 6.07) is 11.3. The van der Waals surface area contributed by atoms with Crippen LogP contribution in [-0.2, 0) is 14.3 Å². The number of hydrogen-bond acceptors (Lipinski definition) is 7.